The molecule has 170 valence electrons. The molecule has 0 aliphatic rings. The summed E-state index contributed by atoms with van der Waals surface area (Å²) in [5.41, 5.74) is 4.37. The number of ether oxygens (including phenoxy) is 2. The van der Waals surface area contributed by atoms with E-state index in [1.165, 1.54) is 6.21 Å². The van der Waals surface area contributed by atoms with Crippen molar-refractivity contribution < 1.29 is 14.3 Å². The lowest BCUT2D eigenvalue weighted by atomic mass is 10.2. The van der Waals surface area contributed by atoms with Gasteiger partial charge in [-0.3, -0.25) is 4.79 Å². The summed E-state index contributed by atoms with van der Waals surface area (Å²) in [6.45, 7) is 4.21. The van der Waals surface area contributed by atoms with E-state index in [0.717, 1.165) is 20.1 Å². The molecule has 1 N–H and O–H groups in total. The third-order valence-corrected chi connectivity index (χ3v) is 6.04. The van der Waals surface area contributed by atoms with Crippen LogP contribution < -0.4 is 14.9 Å². The smallest absolute Gasteiger partial charge is 0.275 e. The minimum Gasteiger partial charge on any atom is -0.488 e. The lowest BCUT2D eigenvalue weighted by Gasteiger charge is -2.11. The second-order valence-corrected chi connectivity index (χ2v) is 9.19. The van der Waals surface area contributed by atoms with E-state index in [1.807, 2.05) is 12.1 Å². The van der Waals surface area contributed by atoms with E-state index in [9.17, 15) is 4.79 Å². The third-order valence-electron chi connectivity index (χ3n) is 4.28. The summed E-state index contributed by atoms with van der Waals surface area (Å²) in [4.78, 5) is 12.7. The second-order valence-electron chi connectivity index (χ2n) is 6.63. The molecule has 0 radical (unpaired) electrons. The molecule has 0 aliphatic carbocycles. The summed E-state index contributed by atoms with van der Waals surface area (Å²) in [5, 5.41) is 5.09. The van der Waals surface area contributed by atoms with Gasteiger partial charge in [0, 0.05) is 15.6 Å². The number of benzene rings is 3. The van der Waals surface area contributed by atoms with Crippen molar-refractivity contribution in [1.82, 2.24) is 5.43 Å². The summed E-state index contributed by atoms with van der Waals surface area (Å²) in [6.07, 6.45) is 3.19. The Labute approximate surface area is 218 Å². The first-order chi connectivity index (χ1) is 15.9. The molecule has 3 aromatic rings. The minimum absolute atomic E-state index is 0.186. The summed E-state index contributed by atoms with van der Waals surface area (Å²) < 4.78 is 12.9. The van der Waals surface area contributed by atoms with Gasteiger partial charge in [0.25, 0.3) is 5.91 Å². The van der Waals surface area contributed by atoms with Crippen molar-refractivity contribution in [3.8, 4) is 11.5 Å². The molecule has 0 bridgehead atoms. The highest BCUT2D eigenvalue weighted by molar-refractivity contribution is 9.11. The summed E-state index contributed by atoms with van der Waals surface area (Å²) in [6, 6.07) is 15.7. The highest BCUT2D eigenvalue weighted by Gasteiger charge is 2.13. The molecule has 1 amide bonds. The number of nitrogens with zero attached hydrogens (tertiary/aromatic N) is 1. The van der Waals surface area contributed by atoms with Crippen molar-refractivity contribution in [1.29, 1.82) is 0 Å². The normalized spacial score (nSPS) is 10.8. The topological polar surface area (TPSA) is 59.9 Å². The van der Waals surface area contributed by atoms with Crippen LogP contribution in [0, 0.1) is 0 Å². The molecule has 0 saturated heterocycles. The van der Waals surface area contributed by atoms with Gasteiger partial charge < -0.3 is 9.47 Å². The number of hydrogen-bond donors (Lipinski definition) is 1. The average molecular weight is 613 g/mol. The second kappa shape index (κ2) is 12.2. The number of hydrazone groups is 1. The van der Waals surface area contributed by atoms with Crippen molar-refractivity contribution in [3.63, 3.8) is 0 Å². The molecule has 0 atom stereocenters. The van der Waals surface area contributed by atoms with Crippen molar-refractivity contribution in [2.45, 2.75) is 6.61 Å². The van der Waals surface area contributed by atoms with Crippen molar-refractivity contribution in [2.75, 3.05) is 6.61 Å². The van der Waals surface area contributed by atoms with Crippen molar-refractivity contribution in [3.05, 3.63) is 103 Å². The molecule has 0 aromatic heterocycles. The minimum atomic E-state index is -0.409. The zero-order valence-electron chi connectivity index (χ0n) is 17.2. The number of carbonyl (C=O) groups is 1. The van der Waals surface area contributed by atoms with Gasteiger partial charge in [-0.25, -0.2) is 5.43 Å². The van der Waals surface area contributed by atoms with E-state index in [1.54, 1.807) is 48.5 Å². The van der Waals surface area contributed by atoms with Crippen molar-refractivity contribution >= 4 is 67.2 Å². The molecule has 0 spiro atoms. The molecule has 3 rings (SSSR count). The van der Waals surface area contributed by atoms with E-state index in [2.05, 4.69) is 49.0 Å². The van der Waals surface area contributed by atoms with E-state index in [4.69, 9.17) is 32.7 Å². The monoisotopic (exact) mass is 610 g/mol. The molecule has 9 heteroatoms. The Morgan fingerprint density at radius 3 is 2.48 bits per heavy atom. The van der Waals surface area contributed by atoms with Crippen LogP contribution in [0.1, 0.15) is 21.5 Å². The zero-order chi connectivity index (χ0) is 23.8. The molecule has 33 heavy (non-hydrogen) atoms. The van der Waals surface area contributed by atoms with Gasteiger partial charge in [-0.05, 0) is 73.8 Å². The fourth-order valence-corrected chi connectivity index (χ4v) is 4.65. The predicted octanol–water partition coefficient (Wildman–Crippen LogP) is 7.43. The van der Waals surface area contributed by atoms with Gasteiger partial charge >= 0.3 is 0 Å². The molecule has 0 saturated carbocycles. The van der Waals surface area contributed by atoms with Crippen LogP contribution in [0.25, 0.3) is 0 Å². The molecule has 0 fully saturated rings. The predicted molar refractivity (Wildman–Crippen MR) is 140 cm³/mol. The Kier molecular flexibility index (Phi) is 9.38. The van der Waals surface area contributed by atoms with Gasteiger partial charge in [0.1, 0.15) is 24.7 Å². The maximum absolute atomic E-state index is 12.7. The highest BCUT2D eigenvalue weighted by Crippen LogP contribution is 2.34. The first-order valence-electron chi connectivity index (χ1n) is 9.61. The maximum atomic E-state index is 12.7. The first-order valence-corrected chi connectivity index (χ1v) is 11.9. The quantitative estimate of drug-likeness (QED) is 0.155. The number of carbonyl (C=O) groups excluding carboxylic acids is 1. The molecule has 0 heterocycles. The van der Waals surface area contributed by atoms with E-state index >= 15 is 0 Å². The van der Waals surface area contributed by atoms with E-state index in [-0.39, 0.29) is 6.61 Å². The number of amides is 1. The summed E-state index contributed by atoms with van der Waals surface area (Å²) >= 11 is 19.1. The molecule has 0 aliphatic heterocycles. The third kappa shape index (κ3) is 7.08. The number of hydrogen-bond acceptors (Lipinski definition) is 4. The van der Waals surface area contributed by atoms with E-state index in [0.29, 0.717) is 33.7 Å². The van der Waals surface area contributed by atoms with Crippen LogP contribution in [0.5, 0.6) is 11.5 Å². The lowest BCUT2D eigenvalue weighted by Crippen LogP contribution is -2.18. The molecular weight excluding hydrogens is 595 g/mol. The number of rotatable bonds is 9. The fraction of sp³-hybridized carbons (Fsp3) is 0.0833. The standard InChI is InChI=1S/C24H18Br2Cl2N2O3/c1-2-9-32-23-19(25)10-15(11-20(23)26)13-29-30-24(31)18-5-3-4-6-22(18)33-14-16-7-8-17(27)12-21(16)28/h2-8,10-13H,1,9,14H2,(H,30,31)/b29-13+. The number of para-hydroxylation sites is 1. The van der Waals surface area contributed by atoms with E-state index < -0.39 is 5.91 Å². The lowest BCUT2D eigenvalue weighted by molar-refractivity contribution is 0.0950. The van der Waals surface area contributed by atoms with Gasteiger partial charge in [0.15, 0.2) is 0 Å². The van der Waals surface area contributed by atoms with Crippen LogP contribution in [-0.2, 0) is 6.61 Å². The van der Waals surface area contributed by atoms with Crippen LogP contribution in [0.4, 0.5) is 0 Å². The van der Waals surface area contributed by atoms with Crippen LogP contribution in [-0.4, -0.2) is 18.7 Å². The Morgan fingerprint density at radius 1 is 1.06 bits per heavy atom. The Hall–Kier alpha value is -2.32. The van der Waals surface area contributed by atoms with Gasteiger partial charge in [-0.1, -0.05) is 54.1 Å². The number of halogens is 4. The Balaban J connectivity index is 1.67. The van der Waals surface area contributed by atoms with Crippen LogP contribution >= 0.6 is 55.1 Å². The van der Waals surface area contributed by atoms with Crippen LogP contribution in [0.15, 0.2) is 81.3 Å². The van der Waals surface area contributed by atoms with Crippen molar-refractivity contribution in [2.24, 2.45) is 5.10 Å². The molecule has 0 unspecified atom stereocenters. The summed E-state index contributed by atoms with van der Waals surface area (Å²) in [5.74, 6) is 0.654. The molecular formula is C24H18Br2Cl2N2O3. The average Bonchev–Trinajstić information content (AvgIpc) is 2.78. The van der Waals surface area contributed by atoms with Gasteiger partial charge in [-0.2, -0.15) is 5.10 Å². The zero-order valence-corrected chi connectivity index (χ0v) is 21.8. The maximum Gasteiger partial charge on any atom is 0.275 e. The summed E-state index contributed by atoms with van der Waals surface area (Å²) in [7, 11) is 0. The molecule has 3 aromatic carbocycles. The van der Waals surface area contributed by atoms with Crippen LogP contribution in [0.2, 0.25) is 10.0 Å². The highest BCUT2D eigenvalue weighted by atomic mass is 79.9. The Morgan fingerprint density at radius 2 is 1.79 bits per heavy atom. The first kappa shape index (κ1) is 25.3. The fourth-order valence-electron chi connectivity index (χ4n) is 2.73. The van der Waals surface area contributed by atoms with Gasteiger partial charge in [0.2, 0.25) is 0 Å². The van der Waals surface area contributed by atoms with Crippen LogP contribution in [0.3, 0.4) is 0 Å². The molecule has 5 nitrogen and oxygen atoms in total. The largest absolute Gasteiger partial charge is 0.488 e. The SMILES string of the molecule is C=CCOc1c(Br)cc(/C=N/NC(=O)c2ccccc2OCc2ccc(Cl)cc2Cl)cc1Br. The Bertz CT molecular complexity index is 1180. The number of nitrogens with one attached hydrogen (secondary N) is 1. The van der Waals surface area contributed by atoms with Gasteiger partial charge in [-0.15, -0.1) is 0 Å². The van der Waals surface area contributed by atoms with Gasteiger partial charge in [0.05, 0.1) is 20.7 Å².